The minimum atomic E-state index is -0.689. The van der Waals surface area contributed by atoms with E-state index in [-0.39, 0.29) is 17.1 Å². The molecule has 0 saturated heterocycles. The van der Waals surface area contributed by atoms with Crippen LogP contribution in [0, 0.1) is 0 Å². The van der Waals surface area contributed by atoms with E-state index in [1.807, 2.05) is 0 Å². The Labute approximate surface area is 160 Å². The van der Waals surface area contributed by atoms with Gasteiger partial charge < -0.3 is 13.9 Å². The molecule has 0 aliphatic rings. The molecule has 0 saturated carbocycles. The Bertz CT molecular complexity index is 1200. The lowest BCUT2D eigenvalue weighted by Gasteiger charge is -2.11. The highest BCUT2D eigenvalue weighted by Gasteiger charge is 2.21. The number of ether oxygens (including phenoxy) is 2. The number of nitrogens with zero attached hydrogens (tertiary/aromatic N) is 1. The molecule has 2 aromatic heterocycles. The number of benzene rings is 2. The molecule has 28 heavy (non-hydrogen) atoms. The number of esters is 1. The normalized spacial score (nSPS) is 10.6. The Morgan fingerprint density at radius 3 is 2.50 bits per heavy atom. The van der Waals surface area contributed by atoms with E-state index in [0.29, 0.717) is 22.3 Å². The molecule has 0 N–H and O–H groups in total. The summed E-state index contributed by atoms with van der Waals surface area (Å²) >= 11 is 0. The van der Waals surface area contributed by atoms with Crippen LogP contribution in [-0.2, 0) is 0 Å². The molecule has 0 radical (unpaired) electrons. The molecule has 2 heterocycles. The summed E-state index contributed by atoms with van der Waals surface area (Å²) in [6.07, 6.45) is 2.92. The lowest BCUT2D eigenvalue weighted by Crippen LogP contribution is -2.16. The second kappa shape index (κ2) is 7.36. The summed E-state index contributed by atoms with van der Waals surface area (Å²) in [5, 5.41) is 0.328. The van der Waals surface area contributed by atoms with Crippen LogP contribution in [0.15, 0.2) is 82.3 Å². The number of pyridine rings is 1. The van der Waals surface area contributed by atoms with Gasteiger partial charge in [0, 0.05) is 18.0 Å². The van der Waals surface area contributed by atoms with Crippen LogP contribution in [0.1, 0.15) is 10.4 Å². The molecule has 6 nitrogen and oxygen atoms in total. The zero-order valence-electron chi connectivity index (χ0n) is 14.9. The zero-order chi connectivity index (χ0) is 19.5. The maximum absolute atomic E-state index is 13.0. The topological polar surface area (TPSA) is 78.6 Å². The van der Waals surface area contributed by atoms with Gasteiger partial charge in [-0.2, -0.15) is 0 Å². The number of para-hydroxylation sites is 1. The van der Waals surface area contributed by atoms with Crippen molar-refractivity contribution in [1.29, 1.82) is 0 Å². The van der Waals surface area contributed by atoms with Crippen molar-refractivity contribution >= 4 is 16.9 Å². The largest absolute Gasteiger partial charge is 0.497 e. The fourth-order valence-corrected chi connectivity index (χ4v) is 2.79. The van der Waals surface area contributed by atoms with Gasteiger partial charge in [0.15, 0.2) is 5.76 Å². The van der Waals surface area contributed by atoms with Crippen molar-refractivity contribution in [2.45, 2.75) is 0 Å². The van der Waals surface area contributed by atoms with Crippen LogP contribution in [0.25, 0.3) is 22.3 Å². The van der Waals surface area contributed by atoms with E-state index in [4.69, 9.17) is 13.9 Å². The average Bonchev–Trinajstić information content (AvgIpc) is 2.76. The highest BCUT2D eigenvalue weighted by molar-refractivity contribution is 5.92. The Hall–Kier alpha value is -3.93. The minimum absolute atomic E-state index is 0.169. The van der Waals surface area contributed by atoms with E-state index >= 15 is 0 Å². The second-order valence-corrected chi connectivity index (χ2v) is 5.95. The molecule has 0 unspecified atom stereocenters. The number of hydrogen-bond donors (Lipinski definition) is 0. The average molecular weight is 373 g/mol. The molecule has 0 fully saturated rings. The fourth-order valence-electron chi connectivity index (χ4n) is 2.79. The summed E-state index contributed by atoms with van der Waals surface area (Å²) in [5.41, 5.74) is 0.790. The maximum Gasteiger partial charge on any atom is 0.345 e. The highest BCUT2D eigenvalue weighted by atomic mass is 16.5. The van der Waals surface area contributed by atoms with Crippen LogP contribution in [-0.4, -0.2) is 18.1 Å². The molecular weight excluding hydrogens is 358 g/mol. The Morgan fingerprint density at radius 1 is 1.00 bits per heavy atom. The van der Waals surface area contributed by atoms with Crippen LogP contribution in [0.2, 0.25) is 0 Å². The molecule has 0 aliphatic carbocycles. The molecule has 0 bridgehead atoms. The van der Waals surface area contributed by atoms with Gasteiger partial charge in [-0.25, -0.2) is 4.79 Å². The molecule has 2 aromatic carbocycles. The van der Waals surface area contributed by atoms with Gasteiger partial charge >= 0.3 is 5.97 Å². The van der Waals surface area contributed by atoms with E-state index in [2.05, 4.69) is 4.98 Å². The Balaban J connectivity index is 1.88. The van der Waals surface area contributed by atoms with E-state index in [1.165, 1.54) is 6.20 Å². The number of aromatic nitrogens is 1. The number of carbonyl (C=O) groups is 1. The molecule has 6 heteroatoms. The van der Waals surface area contributed by atoms with Crippen LogP contribution >= 0.6 is 0 Å². The Morgan fingerprint density at radius 2 is 1.79 bits per heavy atom. The minimum Gasteiger partial charge on any atom is -0.497 e. The van der Waals surface area contributed by atoms with E-state index < -0.39 is 11.4 Å². The fraction of sp³-hybridized carbons (Fsp3) is 0.0455. The van der Waals surface area contributed by atoms with Crippen molar-refractivity contribution in [1.82, 2.24) is 4.98 Å². The van der Waals surface area contributed by atoms with Crippen molar-refractivity contribution in [2.24, 2.45) is 0 Å². The lowest BCUT2D eigenvalue weighted by molar-refractivity contribution is 0.0731. The van der Waals surface area contributed by atoms with E-state index in [1.54, 1.807) is 74.0 Å². The first kappa shape index (κ1) is 17.5. The molecule has 0 amide bonds. The summed E-state index contributed by atoms with van der Waals surface area (Å²) in [6, 6.07) is 16.9. The summed E-state index contributed by atoms with van der Waals surface area (Å²) in [4.78, 5) is 29.5. The van der Waals surface area contributed by atoms with Crippen molar-refractivity contribution in [3.63, 3.8) is 0 Å². The molecule has 138 valence electrons. The Kier molecular flexibility index (Phi) is 4.60. The first-order chi connectivity index (χ1) is 13.7. The van der Waals surface area contributed by atoms with E-state index in [9.17, 15) is 9.59 Å². The van der Waals surface area contributed by atoms with Crippen LogP contribution in [0.5, 0.6) is 11.5 Å². The van der Waals surface area contributed by atoms with Gasteiger partial charge in [0.25, 0.3) is 0 Å². The van der Waals surface area contributed by atoms with Crippen molar-refractivity contribution in [3.05, 3.63) is 88.8 Å². The number of methoxy groups -OCH3 is 1. The first-order valence-electron chi connectivity index (χ1n) is 8.50. The van der Waals surface area contributed by atoms with Crippen molar-refractivity contribution in [3.8, 4) is 22.8 Å². The van der Waals surface area contributed by atoms with Gasteiger partial charge in [-0.15, -0.1) is 0 Å². The van der Waals surface area contributed by atoms with Crippen molar-refractivity contribution < 1.29 is 18.7 Å². The molecule has 0 atom stereocenters. The van der Waals surface area contributed by atoms with Crippen LogP contribution in [0.3, 0.4) is 0 Å². The van der Waals surface area contributed by atoms with Gasteiger partial charge in [-0.05, 0) is 48.5 Å². The quantitative estimate of drug-likeness (QED) is 0.502. The third-order valence-electron chi connectivity index (χ3n) is 4.20. The molecular formula is C22H15NO5. The lowest BCUT2D eigenvalue weighted by atomic mass is 10.1. The smallest absolute Gasteiger partial charge is 0.345 e. The van der Waals surface area contributed by atoms with E-state index in [0.717, 1.165) is 0 Å². The molecule has 4 aromatic rings. The molecule has 4 rings (SSSR count). The highest BCUT2D eigenvalue weighted by Crippen LogP contribution is 2.32. The third kappa shape index (κ3) is 3.23. The second-order valence-electron chi connectivity index (χ2n) is 5.95. The standard InChI is InChI=1S/C22H15NO5/c1-26-16-10-8-14(9-11-16)20-21(28-22(25)15-5-4-12-23-13-15)19(24)17-6-2-3-7-18(17)27-20/h2-13H,1H3. The number of fused-ring (bicyclic) bond motifs is 1. The molecule has 0 aliphatic heterocycles. The number of carbonyl (C=O) groups excluding carboxylic acids is 1. The zero-order valence-corrected chi connectivity index (χ0v) is 14.9. The molecule has 0 spiro atoms. The summed E-state index contributed by atoms with van der Waals surface area (Å²) in [6.45, 7) is 0. The van der Waals surface area contributed by atoms with Gasteiger partial charge in [0.1, 0.15) is 11.3 Å². The predicted molar refractivity (Wildman–Crippen MR) is 104 cm³/mol. The van der Waals surface area contributed by atoms with Gasteiger partial charge in [-0.3, -0.25) is 9.78 Å². The van der Waals surface area contributed by atoms with Gasteiger partial charge in [0.2, 0.25) is 11.2 Å². The SMILES string of the molecule is COc1ccc(-c2oc3ccccc3c(=O)c2OC(=O)c2cccnc2)cc1. The predicted octanol–water partition coefficient (Wildman–Crippen LogP) is 4.08. The summed E-state index contributed by atoms with van der Waals surface area (Å²) < 4.78 is 16.6. The first-order valence-corrected chi connectivity index (χ1v) is 8.50. The third-order valence-corrected chi connectivity index (χ3v) is 4.20. The summed E-state index contributed by atoms with van der Waals surface area (Å²) in [5.74, 6) is -0.0347. The van der Waals surface area contributed by atoms with Gasteiger partial charge in [-0.1, -0.05) is 12.1 Å². The number of hydrogen-bond acceptors (Lipinski definition) is 6. The maximum atomic E-state index is 13.0. The van der Waals surface area contributed by atoms with Gasteiger partial charge in [0.05, 0.1) is 18.1 Å². The monoisotopic (exact) mass is 373 g/mol. The van der Waals surface area contributed by atoms with Crippen LogP contribution in [0.4, 0.5) is 0 Å². The van der Waals surface area contributed by atoms with Crippen LogP contribution < -0.4 is 14.9 Å². The number of rotatable bonds is 4. The van der Waals surface area contributed by atoms with Crippen molar-refractivity contribution in [2.75, 3.05) is 7.11 Å². The summed E-state index contributed by atoms with van der Waals surface area (Å²) in [7, 11) is 1.56.